The van der Waals surface area contributed by atoms with Gasteiger partial charge in [0.25, 0.3) is 0 Å². The fraction of sp³-hybridized carbons (Fsp3) is 0.765. The average Bonchev–Trinajstić information content (AvgIpc) is 3.08. The Morgan fingerprint density at radius 3 is 2.60 bits per heavy atom. The summed E-state index contributed by atoms with van der Waals surface area (Å²) in [4.78, 5) is 4.30. The van der Waals surface area contributed by atoms with Crippen LogP contribution < -0.4 is 5.32 Å². The standard InChI is InChI=1S/C17H26N2S/c1-2-17(20-9-1)12-19(16-5-6-16)8-7-13-10-14-3-4-15(11-13)18-14/h1-2,9,13-16,18H,3-8,10-12H2. The molecule has 3 fully saturated rings. The summed E-state index contributed by atoms with van der Waals surface area (Å²) in [5.41, 5.74) is 0. The molecule has 3 heterocycles. The zero-order chi connectivity index (χ0) is 13.4. The SMILES string of the molecule is c1csc(CN(CCC2CC3CCC(C2)N3)C2CC2)c1. The van der Waals surface area contributed by atoms with Gasteiger partial charge in [0.2, 0.25) is 0 Å². The molecular weight excluding hydrogens is 264 g/mol. The molecule has 110 valence electrons. The highest BCUT2D eigenvalue weighted by Crippen LogP contribution is 2.34. The fourth-order valence-corrected chi connectivity index (χ4v) is 4.92. The first-order chi connectivity index (χ1) is 9.87. The number of thiophene rings is 1. The van der Waals surface area contributed by atoms with Gasteiger partial charge in [0, 0.05) is 29.5 Å². The summed E-state index contributed by atoms with van der Waals surface area (Å²) in [7, 11) is 0. The zero-order valence-corrected chi connectivity index (χ0v) is 13.1. The molecule has 20 heavy (non-hydrogen) atoms. The van der Waals surface area contributed by atoms with E-state index in [0.717, 1.165) is 24.0 Å². The summed E-state index contributed by atoms with van der Waals surface area (Å²) in [5, 5.41) is 5.98. The number of fused-ring (bicyclic) bond motifs is 2. The lowest BCUT2D eigenvalue weighted by molar-refractivity contribution is 0.207. The molecule has 3 heteroatoms. The first-order valence-corrected chi connectivity index (χ1v) is 9.27. The van der Waals surface area contributed by atoms with E-state index < -0.39 is 0 Å². The van der Waals surface area contributed by atoms with E-state index in [-0.39, 0.29) is 0 Å². The highest BCUT2D eigenvalue weighted by atomic mass is 32.1. The Hall–Kier alpha value is -0.380. The van der Waals surface area contributed by atoms with Gasteiger partial charge in [-0.3, -0.25) is 4.90 Å². The number of nitrogens with zero attached hydrogens (tertiary/aromatic N) is 1. The van der Waals surface area contributed by atoms with Gasteiger partial charge in [-0.25, -0.2) is 0 Å². The lowest BCUT2D eigenvalue weighted by Gasteiger charge is -2.31. The van der Waals surface area contributed by atoms with Gasteiger partial charge in [0.05, 0.1) is 0 Å². The lowest BCUT2D eigenvalue weighted by atomic mass is 9.89. The second kappa shape index (κ2) is 5.78. The molecule has 2 saturated heterocycles. The summed E-state index contributed by atoms with van der Waals surface area (Å²) in [6.07, 6.45) is 10.0. The normalized spacial score (nSPS) is 33.0. The maximum Gasteiger partial charge on any atom is 0.0330 e. The fourth-order valence-electron chi connectivity index (χ4n) is 4.19. The van der Waals surface area contributed by atoms with Crippen LogP contribution in [0, 0.1) is 5.92 Å². The van der Waals surface area contributed by atoms with Crippen molar-refractivity contribution in [2.24, 2.45) is 5.92 Å². The van der Waals surface area contributed by atoms with E-state index in [1.165, 1.54) is 58.0 Å². The van der Waals surface area contributed by atoms with Gasteiger partial charge in [-0.05, 0) is 68.9 Å². The third kappa shape index (κ3) is 3.10. The van der Waals surface area contributed by atoms with Crippen LogP contribution in [0.2, 0.25) is 0 Å². The minimum absolute atomic E-state index is 0.852. The third-order valence-electron chi connectivity index (χ3n) is 5.40. The topological polar surface area (TPSA) is 15.3 Å². The Bertz CT molecular complexity index is 414. The van der Waals surface area contributed by atoms with E-state index in [9.17, 15) is 0 Å². The Balaban J connectivity index is 1.30. The summed E-state index contributed by atoms with van der Waals surface area (Å²) < 4.78 is 0. The summed E-state index contributed by atoms with van der Waals surface area (Å²) >= 11 is 1.92. The molecule has 2 atom stereocenters. The van der Waals surface area contributed by atoms with Gasteiger partial charge < -0.3 is 5.32 Å². The van der Waals surface area contributed by atoms with E-state index in [4.69, 9.17) is 0 Å². The molecule has 1 saturated carbocycles. The summed E-state index contributed by atoms with van der Waals surface area (Å²) in [6, 6.07) is 7.09. The van der Waals surface area contributed by atoms with Crippen molar-refractivity contribution in [2.75, 3.05) is 6.54 Å². The first-order valence-electron chi connectivity index (χ1n) is 8.39. The number of hydrogen-bond donors (Lipinski definition) is 1. The first kappa shape index (κ1) is 13.3. The van der Waals surface area contributed by atoms with Crippen LogP contribution >= 0.6 is 11.3 Å². The van der Waals surface area contributed by atoms with Crippen molar-refractivity contribution in [2.45, 2.75) is 69.6 Å². The zero-order valence-electron chi connectivity index (χ0n) is 12.3. The van der Waals surface area contributed by atoms with E-state index in [1.54, 1.807) is 4.88 Å². The minimum Gasteiger partial charge on any atom is -0.311 e. The predicted octanol–water partition coefficient (Wildman–Crippen LogP) is 3.63. The number of piperidine rings is 1. The Kier molecular flexibility index (Phi) is 3.84. The van der Waals surface area contributed by atoms with Crippen LogP contribution in [0.1, 0.15) is 49.8 Å². The van der Waals surface area contributed by atoms with Crippen LogP contribution in [-0.2, 0) is 6.54 Å². The molecule has 3 aliphatic rings. The van der Waals surface area contributed by atoms with Gasteiger partial charge in [-0.15, -0.1) is 11.3 Å². The van der Waals surface area contributed by atoms with Crippen molar-refractivity contribution in [3.05, 3.63) is 22.4 Å². The maximum absolute atomic E-state index is 3.77. The molecular formula is C17H26N2S. The van der Waals surface area contributed by atoms with E-state index in [2.05, 4.69) is 27.7 Å². The summed E-state index contributed by atoms with van der Waals surface area (Å²) in [6.45, 7) is 2.52. The number of rotatable bonds is 6. The van der Waals surface area contributed by atoms with Gasteiger partial charge >= 0.3 is 0 Å². The molecule has 0 radical (unpaired) electrons. The second-order valence-electron chi connectivity index (χ2n) is 7.04. The highest BCUT2D eigenvalue weighted by Gasteiger charge is 2.34. The van der Waals surface area contributed by atoms with Crippen molar-refractivity contribution < 1.29 is 0 Å². The number of nitrogens with one attached hydrogen (secondary N) is 1. The molecule has 0 spiro atoms. The van der Waals surface area contributed by atoms with Crippen LogP contribution in [0.5, 0.6) is 0 Å². The molecule has 1 aromatic heterocycles. The van der Waals surface area contributed by atoms with Crippen molar-refractivity contribution in [3.63, 3.8) is 0 Å². The Morgan fingerprint density at radius 1 is 1.15 bits per heavy atom. The number of hydrogen-bond acceptors (Lipinski definition) is 3. The van der Waals surface area contributed by atoms with Crippen LogP contribution in [0.15, 0.2) is 17.5 Å². The van der Waals surface area contributed by atoms with Gasteiger partial charge in [-0.2, -0.15) is 0 Å². The van der Waals surface area contributed by atoms with Gasteiger partial charge in [-0.1, -0.05) is 6.07 Å². The maximum atomic E-state index is 3.77. The predicted molar refractivity (Wildman–Crippen MR) is 85.0 cm³/mol. The largest absolute Gasteiger partial charge is 0.311 e. The molecule has 2 bridgehead atoms. The van der Waals surface area contributed by atoms with Crippen LogP contribution in [0.3, 0.4) is 0 Å². The molecule has 2 unspecified atom stereocenters. The minimum atomic E-state index is 0.852. The summed E-state index contributed by atoms with van der Waals surface area (Å²) in [5.74, 6) is 0.985. The van der Waals surface area contributed by atoms with Crippen molar-refractivity contribution in [3.8, 4) is 0 Å². The van der Waals surface area contributed by atoms with Crippen molar-refractivity contribution in [1.82, 2.24) is 10.2 Å². The van der Waals surface area contributed by atoms with Gasteiger partial charge in [0.1, 0.15) is 0 Å². The van der Waals surface area contributed by atoms with E-state index in [0.29, 0.717) is 0 Å². The quantitative estimate of drug-likeness (QED) is 0.860. The van der Waals surface area contributed by atoms with Crippen LogP contribution in [0.4, 0.5) is 0 Å². The molecule has 4 rings (SSSR count). The molecule has 1 N–H and O–H groups in total. The highest BCUT2D eigenvalue weighted by molar-refractivity contribution is 7.09. The Morgan fingerprint density at radius 2 is 1.95 bits per heavy atom. The average molecular weight is 290 g/mol. The molecule has 1 aromatic rings. The third-order valence-corrected chi connectivity index (χ3v) is 6.26. The van der Waals surface area contributed by atoms with E-state index >= 15 is 0 Å². The molecule has 2 nitrogen and oxygen atoms in total. The smallest absolute Gasteiger partial charge is 0.0330 e. The second-order valence-corrected chi connectivity index (χ2v) is 8.08. The van der Waals surface area contributed by atoms with E-state index in [1.807, 2.05) is 11.3 Å². The molecule has 0 amide bonds. The molecule has 0 aromatic carbocycles. The van der Waals surface area contributed by atoms with Crippen LogP contribution in [-0.4, -0.2) is 29.6 Å². The lowest BCUT2D eigenvalue weighted by Crippen LogP contribution is -2.39. The molecule has 2 aliphatic heterocycles. The Labute approximate surface area is 126 Å². The van der Waals surface area contributed by atoms with Crippen LogP contribution in [0.25, 0.3) is 0 Å². The van der Waals surface area contributed by atoms with Gasteiger partial charge in [0.15, 0.2) is 0 Å². The molecule has 1 aliphatic carbocycles. The van der Waals surface area contributed by atoms with Crippen molar-refractivity contribution >= 4 is 11.3 Å². The van der Waals surface area contributed by atoms with Crippen molar-refractivity contribution in [1.29, 1.82) is 0 Å². The monoisotopic (exact) mass is 290 g/mol.